The van der Waals surface area contributed by atoms with Gasteiger partial charge in [0.1, 0.15) is 23.5 Å². The van der Waals surface area contributed by atoms with E-state index >= 15 is 0 Å². The molecule has 4 aromatic rings. The second-order valence-electron chi connectivity index (χ2n) is 11.3. The van der Waals surface area contributed by atoms with Crippen molar-refractivity contribution >= 4 is 22.8 Å². The average molecular weight is 521 g/mol. The number of nitrogens with zero attached hydrogens (tertiary/aromatic N) is 8. The van der Waals surface area contributed by atoms with E-state index in [1.165, 1.54) is 6.07 Å². The second kappa shape index (κ2) is 9.89. The van der Waals surface area contributed by atoms with E-state index in [4.69, 9.17) is 14.7 Å². The molecule has 1 aromatic carbocycles. The fourth-order valence-corrected chi connectivity index (χ4v) is 6.45. The van der Waals surface area contributed by atoms with Gasteiger partial charge < -0.3 is 14.2 Å². The van der Waals surface area contributed by atoms with E-state index < -0.39 is 0 Å². The van der Waals surface area contributed by atoms with Crippen LogP contribution in [0.3, 0.4) is 0 Å². The number of aryl methyl sites for hydroxylation is 1. The Balaban J connectivity index is 1.37. The first kappa shape index (κ1) is 25.2. The Kier molecular flexibility index (Phi) is 6.55. The minimum absolute atomic E-state index is 0.130. The van der Waals surface area contributed by atoms with Gasteiger partial charge in [-0.1, -0.05) is 26.0 Å². The van der Waals surface area contributed by atoms with Crippen molar-refractivity contribution in [2.45, 2.75) is 78.2 Å². The molecule has 1 unspecified atom stereocenters. The van der Waals surface area contributed by atoms with E-state index in [1.807, 2.05) is 23.5 Å². The van der Waals surface area contributed by atoms with Crippen molar-refractivity contribution in [1.29, 1.82) is 0 Å². The molecule has 3 aromatic heterocycles. The van der Waals surface area contributed by atoms with Crippen molar-refractivity contribution < 1.29 is 9.13 Å². The molecule has 2 aliphatic rings. The molecule has 4 atom stereocenters. The summed E-state index contributed by atoms with van der Waals surface area (Å²) in [6.07, 6.45) is 4.06. The Hall–Kier alpha value is -3.11. The van der Waals surface area contributed by atoms with Crippen LogP contribution in [0.4, 0.5) is 10.2 Å². The Morgan fingerprint density at radius 2 is 1.97 bits per heavy atom. The van der Waals surface area contributed by atoms with Crippen LogP contribution in [0.2, 0.25) is 0 Å². The van der Waals surface area contributed by atoms with Gasteiger partial charge in [0.05, 0.1) is 12.6 Å². The molecule has 0 spiro atoms. The molecule has 2 saturated heterocycles. The highest BCUT2D eigenvalue weighted by Crippen LogP contribution is 2.36. The summed E-state index contributed by atoms with van der Waals surface area (Å²) in [5, 5.41) is 8.49. The molecule has 2 fully saturated rings. The molecule has 2 aliphatic heterocycles. The molecule has 0 amide bonds. The fourth-order valence-electron chi connectivity index (χ4n) is 6.45. The Labute approximate surface area is 222 Å². The van der Waals surface area contributed by atoms with E-state index in [9.17, 15) is 4.39 Å². The lowest BCUT2D eigenvalue weighted by Gasteiger charge is -2.49. The highest BCUT2D eigenvalue weighted by molar-refractivity contribution is 5.87. The normalized spacial score (nSPS) is 23.8. The average Bonchev–Trinajstić information content (AvgIpc) is 3.62. The van der Waals surface area contributed by atoms with Crippen molar-refractivity contribution in [2.75, 3.05) is 24.6 Å². The lowest BCUT2D eigenvalue weighted by atomic mass is 9.91. The Bertz CT molecular complexity index is 1440. The maximum atomic E-state index is 14.2. The summed E-state index contributed by atoms with van der Waals surface area (Å²) in [5.41, 5.74) is 2.86. The number of halogens is 1. The minimum Gasteiger partial charge on any atom is -0.376 e. The van der Waals surface area contributed by atoms with Crippen molar-refractivity contribution in [3.63, 3.8) is 0 Å². The maximum absolute atomic E-state index is 14.2. The minimum atomic E-state index is -0.186. The van der Waals surface area contributed by atoms with Crippen LogP contribution in [0.15, 0.2) is 30.6 Å². The summed E-state index contributed by atoms with van der Waals surface area (Å²) in [5.74, 6) is 2.51. The van der Waals surface area contributed by atoms with E-state index in [2.05, 4.69) is 52.3 Å². The van der Waals surface area contributed by atoms with Gasteiger partial charge in [-0.3, -0.25) is 4.90 Å². The Morgan fingerprint density at radius 1 is 1.13 bits per heavy atom. The van der Waals surface area contributed by atoms with Gasteiger partial charge in [0.25, 0.3) is 5.78 Å². The highest BCUT2D eigenvalue weighted by atomic mass is 19.1. The maximum Gasteiger partial charge on any atom is 0.258 e. The van der Waals surface area contributed by atoms with E-state index in [0.29, 0.717) is 11.7 Å². The molecular formula is C28H37FN8O. The lowest BCUT2D eigenvalue weighted by Crippen LogP contribution is -2.58. The van der Waals surface area contributed by atoms with Gasteiger partial charge >= 0.3 is 0 Å². The molecule has 5 heterocycles. The summed E-state index contributed by atoms with van der Waals surface area (Å²) in [6, 6.07) is 7.59. The number of aromatic nitrogens is 6. The van der Waals surface area contributed by atoms with Gasteiger partial charge in [-0.05, 0) is 57.2 Å². The second-order valence-corrected chi connectivity index (χ2v) is 11.3. The topological polar surface area (TPSA) is 76.6 Å². The number of hydrogen-bond acceptors (Lipinski definition) is 7. The van der Waals surface area contributed by atoms with Gasteiger partial charge in [0.2, 0.25) is 0 Å². The quantitative estimate of drug-likeness (QED) is 0.373. The summed E-state index contributed by atoms with van der Waals surface area (Å²) in [4.78, 5) is 14.9. The van der Waals surface area contributed by atoms with Gasteiger partial charge in [-0.15, -0.1) is 10.2 Å². The van der Waals surface area contributed by atoms with Gasteiger partial charge in [-0.25, -0.2) is 13.8 Å². The van der Waals surface area contributed by atoms with Crippen LogP contribution < -0.4 is 4.90 Å². The van der Waals surface area contributed by atoms with Crippen LogP contribution in [-0.2, 0) is 11.3 Å². The summed E-state index contributed by atoms with van der Waals surface area (Å²) >= 11 is 0. The molecule has 0 aliphatic carbocycles. The molecule has 38 heavy (non-hydrogen) atoms. The molecule has 9 nitrogen and oxygen atoms in total. The predicted octanol–water partition coefficient (Wildman–Crippen LogP) is 4.40. The fraction of sp³-hybridized carbons (Fsp3) is 0.571. The summed E-state index contributed by atoms with van der Waals surface area (Å²) < 4.78 is 24.3. The van der Waals surface area contributed by atoms with Crippen LogP contribution in [0.1, 0.15) is 58.0 Å². The summed E-state index contributed by atoms with van der Waals surface area (Å²) in [6.45, 7) is 14.1. The number of hydrogen-bond donors (Lipinski definition) is 0. The number of ether oxygens (including phenoxy) is 1. The number of benzene rings is 1. The molecule has 10 heteroatoms. The number of anilines is 1. The zero-order chi connectivity index (χ0) is 26.6. The molecule has 0 saturated carbocycles. The molecule has 0 radical (unpaired) electrons. The summed E-state index contributed by atoms with van der Waals surface area (Å²) in [7, 11) is 0. The predicted molar refractivity (Wildman–Crippen MR) is 145 cm³/mol. The first-order valence-corrected chi connectivity index (χ1v) is 13.8. The van der Waals surface area contributed by atoms with E-state index in [0.717, 1.165) is 67.5 Å². The third kappa shape index (κ3) is 4.33. The van der Waals surface area contributed by atoms with Crippen LogP contribution in [-0.4, -0.2) is 71.9 Å². The van der Waals surface area contributed by atoms with E-state index in [1.54, 1.807) is 12.4 Å². The Morgan fingerprint density at radius 3 is 2.71 bits per heavy atom. The monoisotopic (exact) mass is 520 g/mol. The van der Waals surface area contributed by atoms with Crippen LogP contribution in [0.5, 0.6) is 0 Å². The molecule has 0 N–H and O–H groups in total. The smallest absolute Gasteiger partial charge is 0.258 e. The van der Waals surface area contributed by atoms with Crippen molar-refractivity contribution in [2.24, 2.45) is 5.92 Å². The first-order chi connectivity index (χ1) is 18.3. The van der Waals surface area contributed by atoms with Gasteiger partial charge in [0.15, 0.2) is 11.5 Å². The van der Waals surface area contributed by atoms with Crippen LogP contribution >= 0.6 is 0 Å². The van der Waals surface area contributed by atoms with Crippen molar-refractivity contribution in [3.05, 3.63) is 47.8 Å². The van der Waals surface area contributed by atoms with Crippen LogP contribution in [0.25, 0.3) is 16.9 Å². The van der Waals surface area contributed by atoms with Crippen molar-refractivity contribution in [1.82, 2.24) is 34.0 Å². The van der Waals surface area contributed by atoms with Crippen LogP contribution in [0, 0.1) is 18.7 Å². The number of imidazole rings is 1. The van der Waals surface area contributed by atoms with Gasteiger partial charge in [0, 0.05) is 37.8 Å². The highest BCUT2D eigenvalue weighted by Gasteiger charge is 2.37. The number of fused-ring (bicyclic) bond motifs is 3. The molecular weight excluding hydrogens is 483 g/mol. The third-order valence-electron chi connectivity index (χ3n) is 8.20. The number of piperazine rings is 1. The standard InChI is InChI=1S/C28H37FN8O/c1-17(2)25(21-8-6-9-22(29)12-21)34-13-19(4)35(14-18(34)3)26-24-27(37-16-30-33-28(37)32-26)36(20(5)31-24)15-23-10-7-11-38-23/h6,8-9,12,16-19,23,25H,7,10-11,13-15H2,1-5H3/t18-,19+,23?,25+/m1/s1. The molecule has 0 bridgehead atoms. The SMILES string of the molecule is Cc1nc2c(N3C[C@@H](C)N([C@H](c4cccc(F)c4)C(C)C)C[C@@H]3C)nc3nncn3c2n1CC1CCCO1. The first-order valence-electron chi connectivity index (χ1n) is 13.8. The zero-order valence-electron chi connectivity index (χ0n) is 22.9. The third-order valence-corrected chi connectivity index (χ3v) is 8.20. The largest absolute Gasteiger partial charge is 0.376 e. The van der Waals surface area contributed by atoms with Crippen molar-refractivity contribution in [3.8, 4) is 0 Å². The van der Waals surface area contributed by atoms with Gasteiger partial charge in [-0.2, -0.15) is 4.98 Å². The number of rotatable bonds is 6. The zero-order valence-corrected chi connectivity index (χ0v) is 22.9. The van der Waals surface area contributed by atoms with E-state index in [-0.39, 0.29) is 30.0 Å². The molecule has 6 rings (SSSR count). The molecule has 202 valence electrons. The lowest BCUT2D eigenvalue weighted by molar-refractivity contribution is 0.0820.